The minimum atomic E-state index is -4.04. The third-order valence-corrected chi connectivity index (χ3v) is 7.45. The Morgan fingerprint density at radius 2 is 1.41 bits per heavy atom. The molecule has 0 fully saturated rings. The third-order valence-electron chi connectivity index (χ3n) is 5.08. The molecule has 150 valence electrons. The smallest absolute Gasteiger partial charge is 0.332 e. The Morgan fingerprint density at radius 3 is 1.97 bits per heavy atom. The summed E-state index contributed by atoms with van der Waals surface area (Å²) in [5.74, 6) is -0.784. The zero-order valence-corrected chi connectivity index (χ0v) is 17.6. The first-order valence-corrected chi connectivity index (χ1v) is 10.9. The van der Waals surface area contributed by atoms with Crippen LogP contribution in [-0.4, -0.2) is 21.0 Å². The molecule has 0 aliphatic carbocycles. The molecule has 0 bridgehead atoms. The van der Waals surface area contributed by atoms with Gasteiger partial charge in [0.15, 0.2) is 14.6 Å². The molecule has 1 unspecified atom stereocenters. The number of hydrogen-bond acceptors (Lipinski definition) is 4. The average Bonchev–Trinajstić information content (AvgIpc) is 2.74. The van der Waals surface area contributed by atoms with Gasteiger partial charge in [-0.3, -0.25) is 0 Å². The van der Waals surface area contributed by atoms with Crippen LogP contribution in [0.3, 0.4) is 0 Å². The molecule has 3 aromatic rings. The van der Waals surface area contributed by atoms with Crippen LogP contribution in [0.25, 0.3) is 11.1 Å². The van der Waals surface area contributed by atoms with E-state index in [1.807, 2.05) is 49.4 Å². The van der Waals surface area contributed by atoms with Gasteiger partial charge in [0.25, 0.3) is 0 Å². The predicted octanol–water partition coefficient (Wildman–Crippen LogP) is 4.91. The van der Waals surface area contributed by atoms with E-state index in [4.69, 9.17) is 4.74 Å². The van der Waals surface area contributed by atoms with Gasteiger partial charge < -0.3 is 4.74 Å². The summed E-state index contributed by atoms with van der Waals surface area (Å²) in [7, 11) is -4.04. The van der Waals surface area contributed by atoms with Crippen LogP contribution < -0.4 is 0 Å². The van der Waals surface area contributed by atoms with Crippen LogP contribution in [0, 0.1) is 6.92 Å². The summed E-state index contributed by atoms with van der Waals surface area (Å²) in [6.07, 6.45) is 0. The van der Waals surface area contributed by atoms with Crippen LogP contribution >= 0.6 is 0 Å². The minimum Gasteiger partial charge on any atom is -0.465 e. The fourth-order valence-corrected chi connectivity index (χ4v) is 4.91. The maximum Gasteiger partial charge on any atom is 0.332 e. The average molecular weight is 409 g/mol. The van der Waals surface area contributed by atoms with Crippen molar-refractivity contribution in [2.24, 2.45) is 0 Å². The number of aryl methyl sites for hydroxylation is 1. The lowest BCUT2D eigenvalue weighted by molar-refractivity contribution is -0.146. The van der Waals surface area contributed by atoms with Crippen LogP contribution in [0.4, 0.5) is 0 Å². The van der Waals surface area contributed by atoms with Gasteiger partial charge in [-0.05, 0) is 49.6 Å². The fraction of sp³-hybridized carbons (Fsp3) is 0.208. The van der Waals surface area contributed by atoms with Gasteiger partial charge in [0.1, 0.15) is 0 Å². The Hall–Kier alpha value is -2.92. The van der Waals surface area contributed by atoms with Gasteiger partial charge in [-0.15, -0.1) is 0 Å². The Morgan fingerprint density at radius 1 is 0.862 bits per heavy atom. The van der Waals surface area contributed by atoms with Gasteiger partial charge in [0, 0.05) is 0 Å². The first-order valence-electron chi connectivity index (χ1n) is 9.45. The molecule has 0 heterocycles. The first-order chi connectivity index (χ1) is 13.8. The number of ether oxygens (including phenoxy) is 1. The zero-order chi connectivity index (χ0) is 21.1. The number of benzene rings is 3. The number of hydrogen-bond donors (Lipinski definition) is 0. The minimum absolute atomic E-state index is 0.0887. The largest absolute Gasteiger partial charge is 0.465 e. The summed E-state index contributed by atoms with van der Waals surface area (Å²) in [6.45, 7) is 5.05. The van der Waals surface area contributed by atoms with Crippen molar-refractivity contribution in [2.75, 3.05) is 6.61 Å². The van der Waals surface area contributed by atoms with Gasteiger partial charge in [-0.2, -0.15) is 0 Å². The van der Waals surface area contributed by atoms with E-state index in [1.54, 1.807) is 31.2 Å². The quantitative estimate of drug-likeness (QED) is 0.544. The Bertz CT molecular complexity index is 1090. The molecule has 1 atom stereocenters. The molecule has 5 heteroatoms. The monoisotopic (exact) mass is 408 g/mol. The molecular weight excluding hydrogens is 384 g/mol. The summed E-state index contributed by atoms with van der Waals surface area (Å²) in [5, 5.41) is 0. The van der Waals surface area contributed by atoms with Crippen LogP contribution in [-0.2, 0) is 24.1 Å². The molecule has 0 saturated carbocycles. The second kappa shape index (κ2) is 8.21. The van der Waals surface area contributed by atoms with Gasteiger partial charge in [0.05, 0.1) is 11.5 Å². The summed E-state index contributed by atoms with van der Waals surface area (Å²) >= 11 is 0. The van der Waals surface area contributed by atoms with Crippen molar-refractivity contribution in [2.45, 2.75) is 30.4 Å². The predicted molar refractivity (Wildman–Crippen MR) is 114 cm³/mol. The molecule has 3 rings (SSSR count). The Labute approximate surface area is 172 Å². The molecule has 0 aliphatic rings. The van der Waals surface area contributed by atoms with E-state index in [1.165, 1.54) is 19.1 Å². The van der Waals surface area contributed by atoms with Crippen molar-refractivity contribution < 1.29 is 17.9 Å². The van der Waals surface area contributed by atoms with Crippen molar-refractivity contribution in [1.82, 2.24) is 0 Å². The van der Waals surface area contributed by atoms with Gasteiger partial charge in [-0.1, -0.05) is 72.3 Å². The zero-order valence-electron chi connectivity index (χ0n) is 16.8. The SMILES string of the molecule is CCOC(=O)C(C)(c1ccc(-c2ccccc2)cc1)S(=O)(=O)c1ccc(C)cc1. The summed E-state index contributed by atoms with van der Waals surface area (Å²) in [5.41, 5.74) is 3.26. The summed E-state index contributed by atoms with van der Waals surface area (Å²) in [6, 6.07) is 23.3. The normalized spacial score (nSPS) is 13.5. The van der Waals surface area contributed by atoms with Crippen molar-refractivity contribution in [3.05, 3.63) is 90.0 Å². The van der Waals surface area contributed by atoms with Crippen LogP contribution in [0.15, 0.2) is 83.8 Å². The maximum atomic E-state index is 13.5. The van der Waals surface area contributed by atoms with E-state index >= 15 is 0 Å². The molecule has 0 amide bonds. The molecular formula is C24H24O4S. The molecule has 0 aliphatic heterocycles. The number of carbonyl (C=O) groups excluding carboxylic acids is 1. The van der Waals surface area contributed by atoms with Crippen LogP contribution in [0.1, 0.15) is 25.0 Å². The number of carbonyl (C=O) groups is 1. The van der Waals surface area contributed by atoms with Gasteiger partial charge >= 0.3 is 5.97 Å². The fourth-order valence-electron chi connectivity index (χ4n) is 3.22. The van der Waals surface area contributed by atoms with Crippen molar-refractivity contribution in [3.8, 4) is 11.1 Å². The molecule has 0 spiro atoms. The van der Waals surface area contributed by atoms with Crippen molar-refractivity contribution in [3.63, 3.8) is 0 Å². The van der Waals surface area contributed by atoms with E-state index in [-0.39, 0.29) is 11.5 Å². The molecule has 4 nitrogen and oxygen atoms in total. The number of esters is 1. The second-order valence-electron chi connectivity index (χ2n) is 7.01. The molecule has 3 aromatic carbocycles. The second-order valence-corrected chi connectivity index (χ2v) is 9.31. The van der Waals surface area contributed by atoms with Gasteiger partial charge in [0.2, 0.25) is 0 Å². The Balaban J connectivity index is 2.12. The van der Waals surface area contributed by atoms with Crippen LogP contribution in [0.2, 0.25) is 0 Å². The topological polar surface area (TPSA) is 60.4 Å². The van der Waals surface area contributed by atoms with E-state index < -0.39 is 20.6 Å². The van der Waals surface area contributed by atoms with Crippen LogP contribution in [0.5, 0.6) is 0 Å². The highest BCUT2D eigenvalue weighted by Gasteiger charge is 2.50. The highest BCUT2D eigenvalue weighted by atomic mass is 32.2. The lowest BCUT2D eigenvalue weighted by Gasteiger charge is -2.28. The summed E-state index contributed by atoms with van der Waals surface area (Å²) < 4.78 is 30.4. The number of rotatable bonds is 6. The van der Waals surface area contributed by atoms with Crippen molar-refractivity contribution >= 4 is 15.8 Å². The van der Waals surface area contributed by atoms with E-state index in [9.17, 15) is 13.2 Å². The lowest BCUT2D eigenvalue weighted by Crippen LogP contribution is -2.42. The standard InChI is InChI=1S/C24H24O4S/c1-4-28-23(25)24(3,29(26,27)22-16-10-18(2)11-17-22)21-14-12-20(13-15-21)19-8-6-5-7-9-19/h5-17H,4H2,1-3H3. The molecule has 0 aromatic heterocycles. The van der Waals surface area contributed by atoms with Gasteiger partial charge in [-0.25, -0.2) is 13.2 Å². The third kappa shape index (κ3) is 3.83. The Kier molecular flexibility index (Phi) is 5.89. The summed E-state index contributed by atoms with van der Waals surface area (Å²) in [4.78, 5) is 13.0. The number of sulfone groups is 1. The molecule has 29 heavy (non-hydrogen) atoms. The highest BCUT2D eigenvalue weighted by Crippen LogP contribution is 2.37. The highest BCUT2D eigenvalue weighted by molar-refractivity contribution is 7.93. The lowest BCUT2D eigenvalue weighted by atomic mass is 9.97. The molecule has 0 saturated heterocycles. The van der Waals surface area contributed by atoms with E-state index in [0.29, 0.717) is 5.56 Å². The van der Waals surface area contributed by atoms with Crippen molar-refractivity contribution in [1.29, 1.82) is 0 Å². The van der Waals surface area contributed by atoms with E-state index in [2.05, 4.69) is 0 Å². The molecule has 0 radical (unpaired) electrons. The van der Waals surface area contributed by atoms with E-state index in [0.717, 1.165) is 16.7 Å². The maximum absolute atomic E-state index is 13.5. The molecule has 0 N–H and O–H groups in total. The first kappa shape index (κ1) is 20.8.